The molecule has 0 aliphatic carbocycles. The Morgan fingerprint density at radius 3 is 2.06 bits per heavy atom. The number of carbonyl (C=O) groups excluding carboxylic acids is 2. The number of hydrogen-bond donors (Lipinski definition) is 2. The van der Waals surface area contributed by atoms with Crippen LogP contribution in [0.15, 0.2) is 0 Å². The van der Waals surface area contributed by atoms with E-state index in [2.05, 4.69) is 4.99 Å². The van der Waals surface area contributed by atoms with Crippen LogP contribution in [0.5, 0.6) is 0 Å². The summed E-state index contributed by atoms with van der Waals surface area (Å²) in [5, 5.41) is 0.692. The molecule has 2 amide bonds. The van der Waals surface area contributed by atoms with Crippen molar-refractivity contribution in [3.05, 3.63) is 0 Å². The molecule has 1 saturated heterocycles. The first-order valence-corrected chi connectivity index (χ1v) is 4.92. The number of halogens is 4. The molecule has 1 fully saturated rings. The van der Waals surface area contributed by atoms with Gasteiger partial charge in [0.15, 0.2) is 0 Å². The largest absolute Gasteiger partial charge is 0.673 e. The van der Waals surface area contributed by atoms with Crippen LogP contribution in [0.4, 0.5) is 17.3 Å². The van der Waals surface area contributed by atoms with E-state index in [4.69, 9.17) is 10.6 Å². The Morgan fingerprint density at radius 1 is 1.33 bits per heavy atom. The molecular weight excluding hydrogens is 261 g/mol. The molecule has 0 aromatic heterocycles. The zero-order valence-electron chi connectivity index (χ0n) is 9.46. The van der Waals surface area contributed by atoms with Gasteiger partial charge in [0.2, 0.25) is 0 Å². The first-order valence-electron chi connectivity index (χ1n) is 4.92. The summed E-state index contributed by atoms with van der Waals surface area (Å²) in [6.45, 7) is 2.39. The molecule has 0 unspecified atom stereocenters. The number of nitrogens with zero attached hydrogens (tertiary/aromatic N) is 1. The molecule has 1 rings (SSSR count). The fraction of sp³-hybridized carbons (Fsp3) is 0.571. The zero-order valence-corrected chi connectivity index (χ0v) is 9.46. The van der Waals surface area contributed by atoms with E-state index in [0.29, 0.717) is 11.6 Å². The van der Waals surface area contributed by atoms with Gasteiger partial charge >= 0.3 is 13.3 Å². The lowest BCUT2D eigenvalue weighted by atomic mass is 10.3. The van der Waals surface area contributed by atoms with Crippen LogP contribution in [0.2, 0.25) is 0 Å². The highest BCUT2D eigenvalue weighted by Crippen LogP contribution is 2.10. The van der Waals surface area contributed by atoms with Crippen molar-refractivity contribution in [3.63, 3.8) is 0 Å². The number of amidine groups is 1. The monoisotopic (exact) mass is 273 g/mol. The molecule has 11 heteroatoms. The first-order chi connectivity index (χ1) is 8.15. The van der Waals surface area contributed by atoms with Crippen molar-refractivity contribution >= 4 is 25.1 Å². The summed E-state index contributed by atoms with van der Waals surface area (Å²) >= 11 is 0. The predicted octanol–water partition coefficient (Wildman–Crippen LogP) is -1.22. The number of imide groups is 1. The molecule has 0 aromatic carbocycles. The average molecular weight is 273 g/mol. The average Bonchev–Trinajstić information content (AvgIpc) is 2.47. The third-order valence-corrected chi connectivity index (χ3v) is 1.55. The van der Waals surface area contributed by atoms with Crippen LogP contribution >= 0.6 is 0 Å². The van der Waals surface area contributed by atoms with Gasteiger partial charge in [0.25, 0.3) is 11.8 Å². The quantitative estimate of drug-likeness (QED) is 0.217. The van der Waals surface area contributed by atoms with Gasteiger partial charge in [-0.2, -0.15) is 0 Å². The van der Waals surface area contributed by atoms with Crippen molar-refractivity contribution in [2.24, 2.45) is 5.73 Å². The number of carbonyl (C=O) groups is 2. The molecule has 18 heavy (non-hydrogen) atoms. The highest BCUT2D eigenvalue weighted by atomic mass is 19.5. The fourth-order valence-corrected chi connectivity index (χ4v) is 0.963. The molecule has 0 saturated carbocycles. The molecule has 3 N–H and O–H groups in total. The second-order valence-corrected chi connectivity index (χ2v) is 3.06. The van der Waals surface area contributed by atoms with E-state index in [1.54, 1.807) is 0 Å². The van der Waals surface area contributed by atoms with Gasteiger partial charge in [-0.15, -0.1) is 0 Å². The SMILES string of the molecule is CC[NH+]=C(N)ON1C(=O)CCC1=O.F[B-](F)(F)F. The second-order valence-electron chi connectivity index (χ2n) is 3.06. The van der Waals surface area contributed by atoms with Crippen molar-refractivity contribution in [2.45, 2.75) is 19.8 Å². The number of amides is 2. The molecule has 1 heterocycles. The van der Waals surface area contributed by atoms with E-state index in [1.165, 1.54) is 0 Å². The van der Waals surface area contributed by atoms with E-state index in [1.807, 2.05) is 6.92 Å². The fourth-order valence-electron chi connectivity index (χ4n) is 0.963. The van der Waals surface area contributed by atoms with Crippen LogP contribution in [-0.4, -0.2) is 36.7 Å². The number of hydroxylamine groups is 2. The number of hydrogen-bond acceptors (Lipinski definition) is 3. The summed E-state index contributed by atoms with van der Waals surface area (Å²) in [7, 11) is -6.00. The summed E-state index contributed by atoms with van der Waals surface area (Å²) in [5.41, 5.74) is 5.33. The van der Waals surface area contributed by atoms with Crippen molar-refractivity contribution < 1.29 is 36.7 Å². The van der Waals surface area contributed by atoms with Gasteiger partial charge in [-0.05, 0) is 6.92 Å². The van der Waals surface area contributed by atoms with E-state index in [0.717, 1.165) is 0 Å². The Labute approximate surface area is 99.8 Å². The normalized spacial score (nSPS) is 16.5. The summed E-state index contributed by atoms with van der Waals surface area (Å²) in [6.07, 6.45) is 0.385. The molecule has 6 nitrogen and oxygen atoms in total. The molecule has 0 bridgehead atoms. The first kappa shape index (κ1) is 16.2. The van der Waals surface area contributed by atoms with Crippen molar-refractivity contribution in [3.8, 4) is 0 Å². The van der Waals surface area contributed by atoms with Crippen LogP contribution in [0, 0.1) is 0 Å². The van der Waals surface area contributed by atoms with E-state index < -0.39 is 7.25 Å². The molecule has 1 aliphatic heterocycles. The molecule has 0 radical (unpaired) electrons. The van der Waals surface area contributed by atoms with E-state index >= 15 is 0 Å². The van der Waals surface area contributed by atoms with Crippen LogP contribution in [-0.2, 0) is 14.4 Å². The lowest BCUT2D eigenvalue weighted by molar-refractivity contribution is -0.468. The van der Waals surface area contributed by atoms with Crippen LogP contribution in [0.25, 0.3) is 0 Å². The lowest BCUT2D eigenvalue weighted by Crippen LogP contribution is -2.76. The second kappa shape index (κ2) is 6.82. The van der Waals surface area contributed by atoms with Crippen LogP contribution in [0.1, 0.15) is 19.8 Å². The maximum absolute atomic E-state index is 11.0. The van der Waals surface area contributed by atoms with Crippen molar-refractivity contribution in [2.75, 3.05) is 6.54 Å². The van der Waals surface area contributed by atoms with Crippen molar-refractivity contribution in [1.82, 2.24) is 5.06 Å². The summed E-state index contributed by atoms with van der Waals surface area (Å²) in [4.78, 5) is 29.4. The molecule has 1 aliphatic rings. The van der Waals surface area contributed by atoms with Gasteiger partial charge in [0, 0.05) is 12.8 Å². The van der Waals surface area contributed by atoms with Gasteiger partial charge in [0.1, 0.15) is 0 Å². The van der Waals surface area contributed by atoms with E-state index in [9.17, 15) is 26.9 Å². The third kappa shape index (κ3) is 7.47. The Balaban J connectivity index is 0.000000494. The van der Waals surface area contributed by atoms with Gasteiger partial charge in [-0.25, -0.2) is 4.99 Å². The Morgan fingerprint density at radius 2 is 1.72 bits per heavy atom. The summed E-state index contributed by atoms with van der Waals surface area (Å²) in [6, 6.07) is -0.0360. The summed E-state index contributed by atoms with van der Waals surface area (Å²) in [5.74, 6) is -0.711. The lowest BCUT2D eigenvalue weighted by Gasteiger charge is -2.09. The minimum absolute atomic E-state index is 0.0360. The predicted molar refractivity (Wildman–Crippen MR) is 53.1 cm³/mol. The molecule has 0 atom stereocenters. The van der Waals surface area contributed by atoms with E-state index in [-0.39, 0.29) is 30.7 Å². The Kier molecular flexibility index (Phi) is 6.13. The Bertz CT molecular complexity index is 325. The van der Waals surface area contributed by atoms with Gasteiger partial charge in [0.05, 0.1) is 6.54 Å². The highest BCUT2D eigenvalue weighted by Gasteiger charge is 2.32. The van der Waals surface area contributed by atoms with Crippen LogP contribution in [0.3, 0.4) is 0 Å². The topological polar surface area (TPSA) is 86.6 Å². The smallest absolute Gasteiger partial charge is 0.418 e. The minimum Gasteiger partial charge on any atom is -0.418 e. The Hall–Kier alpha value is -1.81. The minimum atomic E-state index is -6.00. The molecular formula is C7H12BF4N3O3. The number of nitrogens with one attached hydrogen (secondary N) is 1. The summed E-state index contributed by atoms with van der Waals surface area (Å²) < 4.78 is 39.0. The molecule has 0 aromatic rings. The highest BCUT2D eigenvalue weighted by molar-refractivity contribution is 6.50. The van der Waals surface area contributed by atoms with Crippen molar-refractivity contribution in [1.29, 1.82) is 0 Å². The molecule has 104 valence electrons. The van der Waals surface area contributed by atoms with Gasteiger partial charge in [-0.1, -0.05) is 5.06 Å². The van der Waals surface area contributed by atoms with Crippen LogP contribution < -0.4 is 10.7 Å². The maximum atomic E-state index is 11.0. The molecule has 0 spiro atoms. The zero-order chi connectivity index (χ0) is 14.3. The van der Waals surface area contributed by atoms with Gasteiger partial charge in [-0.3, -0.25) is 20.2 Å². The number of nitrogens with two attached hydrogens (primary N) is 1. The van der Waals surface area contributed by atoms with Gasteiger partial charge < -0.3 is 17.3 Å². The number of rotatable bonds is 2. The third-order valence-electron chi connectivity index (χ3n) is 1.55. The standard InChI is InChI=1S/C7H11N3O3.BF4/c1-2-9-7(8)13-10-5(11)3-4-6(10)12;2-1(3,4)5/h2-4H2,1H3,(H2,8,9);/q;-1/p+1. The maximum Gasteiger partial charge on any atom is 0.673 e.